The maximum atomic E-state index is 10.6. The van der Waals surface area contributed by atoms with E-state index in [9.17, 15) is 4.79 Å². The van der Waals surface area contributed by atoms with E-state index >= 15 is 0 Å². The van der Waals surface area contributed by atoms with E-state index in [0.717, 1.165) is 5.56 Å². The van der Waals surface area contributed by atoms with Gasteiger partial charge in [0.2, 0.25) is 0 Å². The fraction of sp³-hybridized carbons (Fsp3) is 0.167. The third-order valence-electron chi connectivity index (χ3n) is 2.36. The Bertz CT molecular complexity index is 507. The Morgan fingerprint density at radius 1 is 1.41 bits per heavy atom. The molecule has 0 radical (unpaired) electrons. The number of hydrogen-bond acceptors (Lipinski definition) is 4. The van der Waals surface area contributed by atoms with Gasteiger partial charge in [-0.3, -0.25) is 4.79 Å². The first-order valence-electron chi connectivity index (χ1n) is 5.16. The van der Waals surface area contributed by atoms with Crippen molar-refractivity contribution in [3.8, 4) is 11.3 Å². The van der Waals surface area contributed by atoms with Crippen LogP contribution in [0.3, 0.4) is 0 Å². The molecule has 0 saturated carbocycles. The van der Waals surface area contributed by atoms with E-state index < -0.39 is 12.0 Å². The Morgan fingerprint density at radius 2 is 2.12 bits per heavy atom. The number of aromatic nitrogens is 1. The molecule has 1 aromatic carbocycles. The van der Waals surface area contributed by atoms with Crippen molar-refractivity contribution in [2.75, 3.05) is 0 Å². The zero-order valence-corrected chi connectivity index (χ0v) is 9.04. The third kappa shape index (κ3) is 2.70. The van der Waals surface area contributed by atoms with Crippen molar-refractivity contribution >= 4 is 5.97 Å². The van der Waals surface area contributed by atoms with Crippen molar-refractivity contribution in [1.82, 2.24) is 5.16 Å². The molecule has 0 bridgehead atoms. The molecule has 0 aliphatic rings. The first-order chi connectivity index (χ1) is 8.16. The first-order valence-corrected chi connectivity index (χ1v) is 5.16. The predicted molar refractivity (Wildman–Crippen MR) is 61.3 cm³/mol. The van der Waals surface area contributed by atoms with E-state index in [-0.39, 0.29) is 6.42 Å². The molecule has 1 atom stereocenters. The monoisotopic (exact) mass is 232 g/mol. The van der Waals surface area contributed by atoms with Crippen LogP contribution in [-0.2, 0) is 11.2 Å². The average Bonchev–Trinajstić information content (AvgIpc) is 2.78. The summed E-state index contributed by atoms with van der Waals surface area (Å²) in [6.45, 7) is 0. The Hall–Kier alpha value is -2.14. The summed E-state index contributed by atoms with van der Waals surface area (Å²) in [6, 6.07) is 10.2. The van der Waals surface area contributed by atoms with Gasteiger partial charge in [-0.2, -0.15) is 0 Å². The third-order valence-corrected chi connectivity index (χ3v) is 2.36. The molecule has 88 valence electrons. The van der Waals surface area contributed by atoms with Crippen LogP contribution in [-0.4, -0.2) is 22.3 Å². The Labute approximate surface area is 97.8 Å². The summed E-state index contributed by atoms with van der Waals surface area (Å²) in [5, 5.41) is 12.5. The lowest BCUT2D eigenvalue weighted by Gasteiger charge is -2.00. The van der Waals surface area contributed by atoms with Gasteiger partial charge in [0.25, 0.3) is 0 Å². The van der Waals surface area contributed by atoms with Crippen LogP contribution in [0, 0.1) is 0 Å². The van der Waals surface area contributed by atoms with Gasteiger partial charge in [-0.15, -0.1) is 0 Å². The molecule has 0 aliphatic carbocycles. The largest absolute Gasteiger partial charge is 0.480 e. The molecule has 2 rings (SSSR count). The van der Waals surface area contributed by atoms with E-state index in [4.69, 9.17) is 15.4 Å². The van der Waals surface area contributed by atoms with Crippen molar-refractivity contribution in [2.45, 2.75) is 12.5 Å². The first kappa shape index (κ1) is 11.3. The summed E-state index contributed by atoms with van der Waals surface area (Å²) >= 11 is 0. The van der Waals surface area contributed by atoms with Crippen LogP contribution in [0.5, 0.6) is 0 Å². The van der Waals surface area contributed by atoms with Crippen LogP contribution in [0.2, 0.25) is 0 Å². The SMILES string of the molecule is NC(Cc1cc(-c2ccccc2)on1)C(=O)O. The van der Waals surface area contributed by atoms with Crippen molar-refractivity contribution in [2.24, 2.45) is 5.73 Å². The van der Waals surface area contributed by atoms with E-state index in [1.807, 2.05) is 30.3 Å². The summed E-state index contributed by atoms with van der Waals surface area (Å²) < 4.78 is 5.13. The summed E-state index contributed by atoms with van der Waals surface area (Å²) in [7, 11) is 0. The zero-order chi connectivity index (χ0) is 12.3. The van der Waals surface area contributed by atoms with Crippen LogP contribution >= 0.6 is 0 Å². The van der Waals surface area contributed by atoms with Crippen molar-refractivity contribution in [3.63, 3.8) is 0 Å². The topological polar surface area (TPSA) is 89.4 Å². The lowest BCUT2D eigenvalue weighted by Crippen LogP contribution is -2.32. The van der Waals surface area contributed by atoms with Crippen LogP contribution in [0.25, 0.3) is 11.3 Å². The molecule has 17 heavy (non-hydrogen) atoms. The minimum absolute atomic E-state index is 0.158. The quantitative estimate of drug-likeness (QED) is 0.829. The van der Waals surface area contributed by atoms with Gasteiger partial charge in [0, 0.05) is 18.1 Å². The number of rotatable bonds is 4. The molecule has 1 heterocycles. The Balaban J connectivity index is 2.14. The van der Waals surface area contributed by atoms with E-state index in [1.165, 1.54) is 0 Å². The van der Waals surface area contributed by atoms with E-state index in [1.54, 1.807) is 6.07 Å². The highest BCUT2D eigenvalue weighted by Gasteiger charge is 2.15. The smallest absolute Gasteiger partial charge is 0.320 e. The molecule has 1 unspecified atom stereocenters. The van der Waals surface area contributed by atoms with Gasteiger partial charge in [-0.25, -0.2) is 0 Å². The summed E-state index contributed by atoms with van der Waals surface area (Å²) in [4.78, 5) is 10.6. The second-order valence-electron chi connectivity index (χ2n) is 3.70. The van der Waals surface area contributed by atoms with Crippen molar-refractivity contribution in [3.05, 3.63) is 42.1 Å². The Morgan fingerprint density at radius 3 is 2.76 bits per heavy atom. The second kappa shape index (κ2) is 4.80. The van der Waals surface area contributed by atoms with Crippen LogP contribution in [0.1, 0.15) is 5.69 Å². The number of nitrogens with zero attached hydrogens (tertiary/aromatic N) is 1. The highest BCUT2D eigenvalue weighted by atomic mass is 16.5. The number of benzene rings is 1. The predicted octanol–water partition coefficient (Wildman–Crippen LogP) is 1.30. The highest BCUT2D eigenvalue weighted by Crippen LogP contribution is 2.20. The lowest BCUT2D eigenvalue weighted by molar-refractivity contribution is -0.138. The standard InChI is InChI=1S/C12H12N2O3/c13-10(12(15)16)6-9-7-11(17-14-9)8-4-2-1-3-5-8/h1-5,7,10H,6,13H2,(H,15,16). The molecule has 0 fully saturated rings. The Kier molecular flexibility index (Phi) is 3.20. The maximum Gasteiger partial charge on any atom is 0.320 e. The normalized spacial score (nSPS) is 12.3. The number of aliphatic carboxylic acids is 1. The molecule has 5 nitrogen and oxygen atoms in total. The van der Waals surface area contributed by atoms with Crippen molar-refractivity contribution in [1.29, 1.82) is 0 Å². The molecule has 0 amide bonds. The molecular formula is C12H12N2O3. The number of carboxylic acids is 1. The minimum Gasteiger partial charge on any atom is -0.480 e. The molecule has 5 heteroatoms. The number of carboxylic acid groups (broad SMARTS) is 1. The second-order valence-corrected chi connectivity index (χ2v) is 3.70. The number of carbonyl (C=O) groups is 1. The molecule has 0 aliphatic heterocycles. The molecule has 3 N–H and O–H groups in total. The molecule has 0 spiro atoms. The minimum atomic E-state index is -1.05. The van der Waals surface area contributed by atoms with Crippen molar-refractivity contribution < 1.29 is 14.4 Å². The van der Waals surface area contributed by atoms with Gasteiger partial charge >= 0.3 is 5.97 Å². The van der Waals surface area contributed by atoms with Crippen LogP contribution < -0.4 is 5.73 Å². The van der Waals surface area contributed by atoms with Crippen LogP contribution in [0.4, 0.5) is 0 Å². The van der Waals surface area contributed by atoms with E-state index in [0.29, 0.717) is 11.5 Å². The average molecular weight is 232 g/mol. The number of nitrogens with two attached hydrogens (primary N) is 1. The van der Waals surface area contributed by atoms with Gasteiger partial charge in [0.1, 0.15) is 6.04 Å². The van der Waals surface area contributed by atoms with Crippen LogP contribution in [0.15, 0.2) is 40.9 Å². The van der Waals surface area contributed by atoms with Gasteiger partial charge in [0.15, 0.2) is 5.76 Å². The summed E-state index contributed by atoms with van der Waals surface area (Å²) in [5.74, 6) is -0.438. The fourth-order valence-electron chi connectivity index (χ4n) is 1.46. The fourth-order valence-corrected chi connectivity index (χ4v) is 1.46. The molecule has 2 aromatic rings. The van der Waals surface area contributed by atoms with Gasteiger partial charge in [0.05, 0.1) is 5.69 Å². The highest BCUT2D eigenvalue weighted by molar-refractivity contribution is 5.73. The molecule has 0 saturated heterocycles. The molecule has 1 aromatic heterocycles. The van der Waals surface area contributed by atoms with Gasteiger partial charge in [-0.05, 0) is 0 Å². The summed E-state index contributed by atoms with van der Waals surface area (Å²) in [6.07, 6.45) is 0.158. The van der Waals surface area contributed by atoms with E-state index in [2.05, 4.69) is 5.16 Å². The number of hydrogen-bond donors (Lipinski definition) is 2. The maximum absolute atomic E-state index is 10.6. The lowest BCUT2D eigenvalue weighted by atomic mass is 10.1. The van der Waals surface area contributed by atoms with Gasteiger partial charge in [-0.1, -0.05) is 35.5 Å². The zero-order valence-electron chi connectivity index (χ0n) is 9.04. The van der Waals surface area contributed by atoms with Gasteiger partial charge < -0.3 is 15.4 Å². The molecular weight excluding hydrogens is 220 g/mol. The summed E-state index contributed by atoms with van der Waals surface area (Å²) in [5.41, 5.74) is 6.85.